The molecule has 0 aliphatic heterocycles. The summed E-state index contributed by atoms with van der Waals surface area (Å²) < 4.78 is 1.04. The number of aromatic nitrogens is 3. The maximum atomic E-state index is 11.9. The minimum Gasteiger partial charge on any atom is -0.480 e. The first-order valence-electron chi connectivity index (χ1n) is 6.08. The van der Waals surface area contributed by atoms with Crippen LogP contribution >= 0.6 is 0 Å². The minimum absolute atomic E-state index is 0.00274. The lowest BCUT2D eigenvalue weighted by Crippen LogP contribution is -2.38. The fourth-order valence-electron chi connectivity index (χ4n) is 1.42. The average Bonchev–Trinajstić information content (AvgIpc) is 2.82. The molecule has 0 fully saturated rings. The van der Waals surface area contributed by atoms with E-state index in [-0.39, 0.29) is 24.7 Å². The number of rotatable bonds is 7. The number of carbonyl (C=O) groups excluding carboxylic acids is 2. The lowest BCUT2D eigenvalue weighted by atomic mass is 10.4. The standard InChI is InChI=1S/C11H17N5O4/c1-3-4-12-9(17)6-15(2)11(20)8-5-16(14-13-8)7-10(18)19/h5H,3-4,6-7H2,1-2H3,(H,12,17)(H,18,19). The largest absolute Gasteiger partial charge is 0.480 e. The second-order valence-electron chi connectivity index (χ2n) is 4.21. The lowest BCUT2D eigenvalue weighted by molar-refractivity contribution is -0.137. The first-order chi connectivity index (χ1) is 9.43. The number of likely N-dealkylation sites (N-methyl/N-ethyl adjacent to an activating group) is 1. The van der Waals surface area contributed by atoms with Gasteiger partial charge in [-0.3, -0.25) is 14.4 Å². The molecule has 9 heteroatoms. The third-order valence-electron chi connectivity index (χ3n) is 2.35. The highest BCUT2D eigenvalue weighted by atomic mass is 16.4. The van der Waals surface area contributed by atoms with Crippen molar-refractivity contribution in [1.29, 1.82) is 0 Å². The summed E-state index contributed by atoms with van der Waals surface area (Å²) in [4.78, 5) is 35.1. The number of amides is 2. The smallest absolute Gasteiger partial charge is 0.325 e. The summed E-state index contributed by atoms with van der Waals surface area (Å²) in [6.07, 6.45) is 2.05. The van der Waals surface area contributed by atoms with Crippen molar-refractivity contribution in [3.05, 3.63) is 11.9 Å². The maximum absolute atomic E-state index is 11.9. The molecule has 1 heterocycles. The predicted octanol–water partition coefficient (Wildman–Crippen LogP) is -1.04. The number of nitrogens with zero attached hydrogens (tertiary/aromatic N) is 4. The monoisotopic (exact) mass is 283 g/mol. The molecule has 0 unspecified atom stereocenters. The number of aliphatic carboxylic acids is 1. The highest BCUT2D eigenvalue weighted by Crippen LogP contribution is 1.99. The molecular formula is C11H17N5O4. The maximum Gasteiger partial charge on any atom is 0.325 e. The van der Waals surface area contributed by atoms with Gasteiger partial charge in [-0.15, -0.1) is 5.10 Å². The third kappa shape index (κ3) is 4.67. The fourth-order valence-corrected chi connectivity index (χ4v) is 1.42. The van der Waals surface area contributed by atoms with Crippen LogP contribution in [0.4, 0.5) is 0 Å². The first-order valence-corrected chi connectivity index (χ1v) is 6.08. The Bertz CT molecular complexity index is 499. The molecule has 1 aromatic heterocycles. The van der Waals surface area contributed by atoms with Crippen LogP contribution in [0.15, 0.2) is 6.20 Å². The molecular weight excluding hydrogens is 266 g/mol. The van der Waals surface area contributed by atoms with Gasteiger partial charge in [0.2, 0.25) is 5.91 Å². The SMILES string of the molecule is CCCNC(=O)CN(C)C(=O)c1cn(CC(=O)O)nn1. The number of hydrogen-bond acceptors (Lipinski definition) is 5. The predicted molar refractivity (Wildman–Crippen MR) is 67.9 cm³/mol. The second kappa shape index (κ2) is 7.22. The molecule has 0 atom stereocenters. The Balaban J connectivity index is 2.58. The Morgan fingerprint density at radius 3 is 2.75 bits per heavy atom. The molecule has 9 nitrogen and oxygen atoms in total. The summed E-state index contributed by atoms with van der Waals surface area (Å²) in [6, 6.07) is 0. The highest BCUT2D eigenvalue weighted by molar-refractivity contribution is 5.94. The molecule has 2 amide bonds. The Morgan fingerprint density at radius 2 is 2.15 bits per heavy atom. The zero-order valence-corrected chi connectivity index (χ0v) is 11.4. The van der Waals surface area contributed by atoms with E-state index in [0.29, 0.717) is 6.54 Å². The minimum atomic E-state index is -1.08. The van der Waals surface area contributed by atoms with Crippen molar-refractivity contribution < 1.29 is 19.5 Å². The van der Waals surface area contributed by atoms with Crippen molar-refractivity contribution in [1.82, 2.24) is 25.2 Å². The van der Waals surface area contributed by atoms with Gasteiger partial charge in [0.05, 0.1) is 12.7 Å². The Kier molecular flexibility index (Phi) is 5.63. The van der Waals surface area contributed by atoms with E-state index in [4.69, 9.17) is 5.11 Å². The molecule has 0 saturated carbocycles. The number of carbonyl (C=O) groups is 3. The molecule has 0 aliphatic rings. The van der Waals surface area contributed by atoms with Crippen LogP contribution in [0.3, 0.4) is 0 Å². The van der Waals surface area contributed by atoms with Crippen LogP contribution in [0.25, 0.3) is 0 Å². The van der Waals surface area contributed by atoms with E-state index >= 15 is 0 Å². The molecule has 0 bridgehead atoms. The van der Waals surface area contributed by atoms with E-state index in [0.717, 1.165) is 11.1 Å². The topological polar surface area (TPSA) is 117 Å². The van der Waals surface area contributed by atoms with Gasteiger partial charge in [0.25, 0.3) is 5.91 Å². The Labute approximate surface area is 115 Å². The van der Waals surface area contributed by atoms with Crippen molar-refractivity contribution in [3.63, 3.8) is 0 Å². The van der Waals surface area contributed by atoms with Gasteiger partial charge in [-0.2, -0.15) is 0 Å². The van der Waals surface area contributed by atoms with Crippen LogP contribution in [0.2, 0.25) is 0 Å². The van der Waals surface area contributed by atoms with E-state index in [1.165, 1.54) is 18.1 Å². The summed E-state index contributed by atoms with van der Waals surface area (Å²) in [7, 11) is 1.46. The van der Waals surface area contributed by atoms with Gasteiger partial charge in [0.15, 0.2) is 5.69 Å². The molecule has 0 radical (unpaired) electrons. The fraction of sp³-hybridized carbons (Fsp3) is 0.545. The van der Waals surface area contributed by atoms with E-state index in [9.17, 15) is 14.4 Å². The first kappa shape index (κ1) is 15.6. The van der Waals surface area contributed by atoms with Crippen LogP contribution in [-0.4, -0.2) is 62.9 Å². The van der Waals surface area contributed by atoms with E-state index in [2.05, 4.69) is 15.6 Å². The number of carboxylic acid groups (broad SMARTS) is 1. The van der Waals surface area contributed by atoms with Crippen molar-refractivity contribution in [2.24, 2.45) is 0 Å². The summed E-state index contributed by atoms with van der Waals surface area (Å²) in [6.45, 7) is 2.01. The van der Waals surface area contributed by atoms with Crippen molar-refractivity contribution in [2.45, 2.75) is 19.9 Å². The van der Waals surface area contributed by atoms with Gasteiger partial charge in [-0.25, -0.2) is 4.68 Å². The van der Waals surface area contributed by atoms with Crippen LogP contribution in [0, 0.1) is 0 Å². The summed E-state index contributed by atoms with van der Waals surface area (Å²) in [5.74, 6) is -1.84. The van der Waals surface area contributed by atoms with E-state index in [1.807, 2.05) is 6.92 Å². The van der Waals surface area contributed by atoms with Crippen LogP contribution in [0.5, 0.6) is 0 Å². The van der Waals surface area contributed by atoms with Crippen molar-refractivity contribution in [3.8, 4) is 0 Å². The highest BCUT2D eigenvalue weighted by Gasteiger charge is 2.18. The normalized spacial score (nSPS) is 10.1. The Hall–Kier alpha value is -2.45. The molecule has 1 rings (SSSR count). The van der Waals surface area contributed by atoms with Gasteiger partial charge >= 0.3 is 5.97 Å². The van der Waals surface area contributed by atoms with Crippen LogP contribution in [0.1, 0.15) is 23.8 Å². The van der Waals surface area contributed by atoms with Gasteiger partial charge < -0.3 is 15.3 Å². The van der Waals surface area contributed by atoms with Gasteiger partial charge in [0.1, 0.15) is 6.54 Å². The third-order valence-corrected chi connectivity index (χ3v) is 2.35. The molecule has 20 heavy (non-hydrogen) atoms. The van der Waals surface area contributed by atoms with Crippen molar-refractivity contribution in [2.75, 3.05) is 20.1 Å². The second-order valence-corrected chi connectivity index (χ2v) is 4.21. The lowest BCUT2D eigenvalue weighted by Gasteiger charge is -2.14. The molecule has 2 N–H and O–H groups in total. The Morgan fingerprint density at radius 1 is 1.45 bits per heavy atom. The average molecular weight is 283 g/mol. The zero-order chi connectivity index (χ0) is 15.1. The zero-order valence-electron chi connectivity index (χ0n) is 11.4. The van der Waals surface area contributed by atoms with Crippen LogP contribution in [-0.2, 0) is 16.1 Å². The van der Waals surface area contributed by atoms with Crippen molar-refractivity contribution >= 4 is 17.8 Å². The van der Waals surface area contributed by atoms with E-state index < -0.39 is 11.9 Å². The van der Waals surface area contributed by atoms with E-state index in [1.54, 1.807) is 0 Å². The molecule has 110 valence electrons. The molecule has 0 aromatic carbocycles. The number of carboxylic acids is 1. The van der Waals surface area contributed by atoms with Crippen LogP contribution < -0.4 is 5.32 Å². The number of nitrogens with one attached hydrogen (secondary N) is 1. The van der Waals surface area contributed by atoms with Gasteiger partial charge in [-0.1, -0.05) is 12.1 Å². The molecule has 0 saturated heterocycles. The number of hydrogen-bond donors (Lipinski definition) is 2. The summed E-state index contributed by atoms with van der Waals surface area (Å²) in [5, 5.41) is 18.4. The summed E-state index contributed by atoms with van der Waals surface area (Å²) >= 11 is 0. The molecule has 0 aliphatic carbocycles. The molecule has 1 aromatic rings. The quantitative estimate of drug-likeness (QED) is 0.660. The van der Waals surface area contributed by atoms with Gasteiger partial charge in [0, 0.05) is 13.6 Å². The van der Waals surface area contributed by atoms with Gasteiger partial charge in [-0.05, 0) is 6.42 Å². The summed E-state index contributed by atoms with van der Waals surface area (Å²) in [5.41, 5.74) is -0.00274. The molecule has 0 spiro atoms.